The molecule has 3 aromatic carbocycles. The average Bonchev–Trinajstić information content (AvgIpc) is 4.16. The minimum Gasteiger partial charge on any atom is -0.383 e. The van der Waals surface area contributed by atoms with Gasteiger partial charge in [-0.3, -0.25) is 14.2 Å². The SMILES string of the molecule is CC(C)C1C=Cc2c(N)ncnc21.CC(C)C1C=Cc2c1nc(N)[nH]c2=O.Cc1cc(C)c2c(c1)C(C(C)C)C=C2.Cc1cc(C)c2cccc(C(C)C)c2c1.Cc1nc2c(c3nccn13)C=CC2C(C)C. The summed E-state index contributed by atoms with van der Waals surface area (Å²) in [5.41, 5.74) is 28.0. The van der Waals surface area contributed by atoms with Gasteiger partial charge in [-0.25, -0.2) is 24.9 Å². The number of nitrogens with two attached hydrogens (primary N) is 2. The molecule has 4 aliphatic carbocycles. The molecular formula is C62H77N9O. The minimum atomic E-state index is -0.146. The summed E-state index contributed by atoms with van der Waals surface area (Å²) in [6, 6.07) is 15.8. The molecule has 0 spiro atoms. The maximum absolute atomic E-state index is 11.5. The molecule has 5 N–H and O–H groups in total. The summed E-state index contributed by atoms with van der Waals surface area (Å²) < 4.78 is 2.05. The monoisotopic (exact) mass is 964 g/mol. The predicted octanol–water partition coefficient (Wildman–Crippen LogP) is 14.4. The number of aromatic amines is 1. The first-order valence-electron chi connectivity index (χ1n) is 25.8. The fourth-order valence-electron chi connectivity index (χ4n) is 10.5. The molecule has 0 saturated carbocycles. The Morgan fingerprint density at radius 1 is 0.569 bits per heavy atom. The number of aromatic nitrogens is 7. The van der Waals surface area contributed by atoms with Crippen molar-refractivity contribution >= 4 is 52.5 Å². The van der Waals surface area contributed by atoms with E-state index in [1.165, 1.54) is 67.3 Å². The lowest BCUT2D eigenvalue weighted by Crippen LogP contribution is -2.17. The second kappa shape index (κ2) is 22.2. The number of hydrogen-bond acceptors (Lipinski definition) is 8. The Kier molecular flexibility index (Phi) is 16.3. The Balaban J connectivity index is 0.000000132. The zero-order valence-corrected chi connectivity index (χ0v) is 45.3. The molecule has 0 aliphatic heterocycles. The molecule has 10 nitrogen and oxygen atoms in total. The van der Waals surface area contributed by atoms with Crippen LogP contribution in [0.4, 0.5) is 11.8 Å². The molecule has 4 atom stereocenters. The topological polar surface area (TPSA) is 154 Å². The molecule has 0 saturated heterocycles. The van der Waals surface area contributed by atoms with Crippen LogP contribution in [-0.4, -0.2) is 34.3 Å². The van der Waals surface area contributed by atoms with Gasteiger partial charge in [-0.15, -0.1) is 0 Å². The highest BCUT2D eigenvalue weighted by Crippen LogP contribution is 2.39. The third-order valence-electron chi connectivity index (χ3n) is 14.4. The first-order chi connectivity index (χ1) is 34.2. The zero-order valence-electron chi connectivity index (χ0n) is 45.3. The van der Waals surface area contributed by atoms with Gasteiger partial charge >= 0.3 is 0 Å². The molecule has 0 radical (unpaired) electrons. The second-order valence-corrected chi connectivity index (χ2v) is 21.7. The molecule has 376 valence electrons. The number of nitrogens with zero attached hydrogens (tertiary/aromatic N) is 6. The molecule has 0 amide bonds. The van der Waals surface area contributed by atoms with Crippen molar-refractivity contribution in [2.24, 2.45) is 23.7 Å². The van der Waals surface area contributed by atoms with Gasteiger partial charge in [-0.2, -0.15) is 0 Å². The fraction of sp³-hybridized carbons (Fsp3) is 0.387. The summed E-state index contributed by atoms with van der Waals surface area (Å²) in [5, 5.41) is 2.82. The van der Waals surface area contributed by atoms with Gasteiger partial charge in [0.2, 0.25) is 5.95 Å². The predicted molar refractivity (Wildman–Crippen MR) is 303 cm³/mol. The van der Waals surface area contributed by atoms with E-state index in [0.29, 0.717) is 58.7 Å². The summed E-state index contributed by atoms with van der Waals surface area (Å²) in [6.07, 6.45) is 22.4. The lowest BCUT2D eigenvalue weighted by molar-refractivity contribution is 0.570. The molecule has 4 heterocycles. The van der Waals surface area contributed by atoms with Crippen LogP contribution in [0.2, 0.25) is 0 Å². The molecule has 11 rings (SSSR count). The van der Waals surface area contributed by atoms with Crippen molar-refractivity contribution in [2.75, 3.05) is 11.5 Å². The third-order valence-corrected chi connectivity index (χ3v) is 14.4. The Morgan fingerprint density at radius 3 is 1.76 bits per heavy atom. The molecule has 4 unspecified atom stereocenters. The number of rotatable bonds is 5. The highest BCUT2D eigenvalue weighted by molar-refractivity contribution is 5.89. The summed E-state index contributed by atoms with van der Waals surface area (Å²) in [6.45, 7) is 32.9. The minimum absolute atomic E-state index is 0.146. The van der Waals surface area contributed by atoms with Gasteiger partial charge in [0.05, 0.1) is 22.6 Å². The number of nitrogens with one attached hydrogen (secondary N) is 1. The van der Waals surface area contributed by atoms with Crippen molar-refractivity contribution in [3.05, 3.63) is 174 Å². The quantitative estimate of drug-likeness (QED) is 0.154. The zero-order chi connectivity index (χ0) is 52.3. The first kappa shape index (κ1) is 52.9. The molecular weight excluding hydrogens is 887 g/mol. The molecule has 72 heavy (non-hydrogen) atoms. The van der Waals surface area contributed by atoms with Gasteiger partial charge in [0.15, 0.2) is 0 Å². The van der Waals surface area contributed by atoms with E-state index in [1.54, 1.807) is 0 Å². The van der Waals surface area contributed by atoms with Crippen molar-refractivity contribution in [1.82, 2.24) is 34.3 Å². The lowest BCUT2D eigenvalue weighted by atomic mass is 9.88. The maximum atomic E-state index is 11.5. The number of nitrogen functional groups attached to an aromatic ring is 2. The van der Waals surface area contributed by atoms with Crippen LogP contribution in [0.25, 0.3) is 40.7 Å². The summed E-state index contributed by atoms with van der Waals surface area (Å²) >= 11 is 0. The Hall–Kier alpha value is -6.94. The van der Waals surface area contributed by atoms with Crippen LogP contribution in [0.5, 0.6) is 0 Å². The highest BCUT2D eigenvalue weighted by Gasteiger charge is 2.27. The summed E-state index contributed by atoms with van der Waals surface area (Å²) in [4.78, 5) is 35.5. The number of imidazole rings is 1. The Morgan fingerprint density at radius 2 is 1.12 bits per heavy atom. The Labute approximate surface area is 428 Å². The molecule has 7 aromatic rings. The van der Waals surface area contributed by atoms with Crippen LogP contribution in [0.15, 0.2) is 90.3 Å². The molecule has 4 aliphatic rings. The lowest BCUT2D eigenvalue weighted by Gasteiger charge is -2.16. The number of aryl methyl sites for hydroxylation is 5. The van der Waals surface area contributed by atoms with E-state index in [0.717, 1.165) is 28.4 Å². The van der Waals surface area contributed by atoms with Gasteiger partial charge in [0.25, 0.3) is 5.56 Å². The van der Waals surface area contributed by atoms with Crippen LogP contribution in [0.1, 0.15) is 177 Å². The van der Waals surface area contributed by atoms with Gasteiger partial charge < -0.3 is 11.5 Å². The smallest absolute Gasteiger partial charge is 0.259 e. The van der Waals surface area contributed by atoms with E-state index in [4.69, 9.17) is 16.5 Å². The van der Waals surface area contributed by atoms with Gasteiger partial charge in [0.1, 0.15) is 23.6 Å². The number of benzene rings is 3. The molecule has 0 fully saturated rings. The first-order valence-corrected chi connectivity index (χ1v) is 25.8. The number of H-pyrrole nitrogens is 1. The van der Waals surface area contributed by atoms with E-state index >= 15 is 0 Å². The Bertz CT molecular complexity index is 3270. The van der Waals surface area contributed by atoms with Crippen LogP contribution >= 0.6 is 0 Å². The largest absolute Gasteiger partial charge is 0.383 e. The van der Waals surface area contributed by atoms with Gasteiger partial charge in [0, 0.05) is 47.2 Å². The van der Waals surface area contributed by atoms with E-state index < -0.39 is 0 Å². The van der Waals surface area contributed by atoms with Crippen LogP contribution in [0, 0.1) is 58.3 Å². The molecule has 10 heteroatoms. The number of fused-ring (bicyclic) bond motifs is 7. The number of hydrogen-bond donors (Lipinski definition) is 3. The standard InChI is InChI=1S/C15H18.C14H18.C13H15N3.C10H13N3O.C10H13N3/c1-10(2)13-6-5-7-14-12(4)8-11(3)9-15(13)14;1-9(2)12-5-6-13-11(4)7-10(3)8-14(12)13;1-8(2)10-4-5-11-12(10)15-9(3)16-7-6-14-13(11)16;1-5(2)6-3-4-7-8(6)12-10(11)13-9(7)14;1-6(2)7-3-4-8-9(7)12-5-13-10(8)11/h5-10H,1-4H3;5-9,12H,1-4H3;4-8,10H,1-3H3;3-6H,1-2H3,(H3,11,12,13,14);3-7H,1-2H3,(H2,11,12,13). The maximum Gasteiger partial charge on any atom is 0.259 e. The average molecular weight is 964 g/mol. The van der Waals surface area contributed by atoms with Crippen LogP contribution in [-0.2, 0) is 0 Å². The number of allylic oxidation sites excluding steroid dienone is 4. The van der Waals surface area contributed by atoms with E-state index in [2.05, 4.69) is 195 Å². The van der Waals surface area contributed by atoms with Crippen LogP contribution < -0.4 is 17.0 Å². The van der Waals surface area contributed by atoms with Gasteiger partial charge in [-0.1, -0.05) is 171 Å². The summed E-state index contributed by atoms with van der Waals surface area (Å²) in [5.74, 6) is 6.36. The fourth-order valence-corrected chi connectivity index (χ4v) is 10.5. The normalized spacial score (nSPS) is 17.4. The van der Waals surface area contributed by atoms with E-state index in [9.17, 15) is 4.79 Å². The van der Waals surface area contributed by atoms with Crippen molar-refractivity contribution in [3.63, 3.8) is 0 Å². The van der Waals surface area contributed by atoms with E-state index in [1.807, 2.05) is 41.9 Å². The second-order valence-electron chi connectivity index (χ2n) is 21.7. The highest BCUT2D eigenvalue weighted by atomic mass is 16.1. The van der Waals surface area contributed by atoms with Crippen molar-refractivity contribution in [1.29, 1.82) is 0 Å². The number of anilines is 2. The molecule has 0 bridgehead atoms. The van der Waals surface area contributed by atoms with Crippen molar-refractivity contribution in [2.45, 2.75) is 133 Å². The van der Waals surface area contributed by atoms with Crippen molar-refractivity contribution in [3.8, 4) is 0 Å². The van der Waals surface area contributed by atoms with E-state index in [-0.39, 0.29) is 17.4 Å². The third kappa shape index (κ3) is 11.2. The van der Waals surface area contributed by atoms with Crippen LogP contribution in [0.3, 0.4) is 0 Å². The molecule has 4 aromatic heterocycles. The summed E-state index contributed by atoms with van der Waals surface area (Å²) in [7, 11) is 0. The van der Waals surface area contributed by atoms with Gasteiger partial charge in [-0.05, 0) is 103 Å². The van der Waals surface area contributed by atoms with Crippen molar-refractivity contribution < 1.29 is 0 Å².